The van der Waals surface area contributed by atoms with E-state index in [1.165, 1.54) is 5.56 Å². The van der Waals surface area contributed by atoms with Gasteiger partial charge in [0.1, 0.15) is 12.4 Å². The van der Waals surface area contributed by atoms with Crippen LogP contribution in [0.3, 0.4) is 0 Å². The van der Waals surface area contributed by atoms with Gasteiger partial charge in [-0.05, 0) is 61.2 Å². The lowest BCUT2D eigenvalue weighted by atomic mass is 10.2. The second kappa shape index (κ2) is 9.57. The van der Waals surface area contributed by atoms with Gasteiger partial charge in [0.05, 0.1) is 12.3 Å². The van der Waals surface area contributed by atoms with Crippen molar-refractivity contribution in [2.45, 2.75) is 32.8 Å². The number of aryl methyl sites for hydroxylation is 1. The van der Waals surface area contributed by atoms with Gasteiger partial charge >= 0.3 is 5.97 Å². The maximum atomic E-state index is 11.9. The summed E-state index contributed by atoms with van der Waals surface area (Å²) < 4.78 is 12.8. The second-order valence-corrected chi connectivity index (χ2v) is 6.40. The molecular weight excluding hydrogens is 340 g/mol. The van der Waals surface area contributed by atoms with E-state index in [4.69, 9.17) is 9.47 Å². The third-order valence-electron chi connectivity index (χ3n) is 4.14. The van der Waals surface area contributed by atoms with E-state index in [-0.39, 0.29) is 12.6 Å². The van der Waals surface area contributed by atoms with Crippen molar-refractivity contribution in [1.82, 2.24) is 9.78 Å². The number of hydrogen-bond donors (Lipinski definition) is 0. The minimum absolute atomic E-state index is 0.179. The zero-order valence-electron chi connectivity index (χ0n) is 15.5. The van der Waals surface area contributed by atoms with E-state index in [0.29, 0.717) is 13.0 Å². The van der Waals surface area contributed by atoms with Crippen molar-refractivity contribution in [2.24, 2.45) is 0 Å². The Hall–Kier alpha value is -3.08. The van der Waals surface area contributed by atoms with Crippen LogP contribution in [-0.2, 0) is 16.1 Å². The van der Waals surface area contributed by atoms with E-state index >= 15 is 0 Å². The number of aromatic nitrogens is 2. The fourth-order valence-corrected chi connectivity index (χ4v) is 2.67. The van der Waals surface area contributed by atoms with E-state index in [2.05, 4.69) is 5.10 Å². The van der Waals surface area contributed by atoms with Gasteiger partial charge < -0.3 is 9.47 Å². The van der Waals surface area contributed by atoms with Gasteiger partial charge in [0.25, 0.3) is 0 Å². The zero-order chi connectivity index (χ0) is 18.9. The quantitative estimate of drug-likeness (QED) is 0.415. The lowest BCUT2D eigenvalue weighted by Gasteiger charge is -2.08. The summed E-state index contributed by atoms with van der Waals surface area (Å²) in [6, 6.07) is 17.6. The van der Waals surface area contributed by atoms with Gasteiger partial charge in [0.15, 0.2) is 0 Å². The Morgan fingerprint density at radius 3 is 2.67 bits per heavy atom. The molecule has 3 rings (SSSR count). The monoisotopic (exact) mass is 364 g/mol. The number of esters is 1. The topological polar surface area (TPSA) is 53.4 Å². The molecule has 0 bridgehead atoms. The maximum Gasteiger partial charge on any atom is 0.306 e. The normalized spacial score (nSPS) is 10.6. The molecule has 5 heteroatoms. The first kappa shape index (κ1) is 18.7. The Bertz CT molecular complexity index is 842. The summed E-state index contributed by atoms with van der Waals surface area (Å²) in [7, 11) is 0. The number of carbonyl (C=O) groups is 1. The minimum Gasteiger partial charge on any atom is -0.494 e. The Morgan fingerprint density at radius 2 is 1.93 bits per heavy atom. The average molecular weight is 364 g/mol. The summed E-state index contributed by atoms with van der Waals surface area (Å²) in [6.07, 6.45) is 5.60. The molecule has 0 unspecified atom stereocenters. The van der Waals surface area contributed by atoms with Crippen molar-refractivity contribution >= 4 is 5.97 Å². The van der Waals surface area contributed by atoms with Gasteiger partial charge in [-0.2, -0.15) is 5.10 Å². The Morgan fingerprint density at radius 1 is 1.07 bits per heavy atom. The number of nitrogens with zero attached hydrogens (tertiary/aromatic N) is 2. The number of ether oxygens (including phenoxy) is 2. The fraction of sp³-hybridized carbons (Fsp3) is 0.273. The average Bonchev–Trinajstić information content (AvgIpc) is 3.21. The van der Waals surface area contributed by atoms with Crippen molar-refractivity contribution in [2.75, 3.05) is 6.61 Å². The van der Waals surface area contributed by atoms with Crippen LogP contribution < -0.4 is 4.74 Å². The van der Waals surface area contributed by atoms with Gasteiger partial charge in [-0.25, -0.2) is 4.68 Å². The predicted octanol–water partition coefficient (Wildman–Crippen LogP) is 4.47. The summed E-state index contributed by atoms with van der Waals surface area (Å²) in [5.74, 6) is 0.692. The van der Waals surface area contributed by atoms with Gasteiger partial charge in [-0.15, -0.1) is 0 Å². The highest BCUT2D eigenvalue weighted by atomic mass is 16.5. The van der Waals surface area contributed by atoms with Crippen LogP contribution in [0.1, 0.15) is 30.4 Å². The molecule has 1 aromatic heterocycles. The van der Waals surface area contributed by atoms with Crippen molar-refractivity contribution in [1.29, 1.82) is 0 Å². The highest BCUT2D eigenvalue weighted by Gasteiger charge is 2.04. The van der Waals surface area contributed by atoms with E-state index in [9.17, 15) is 4.79 Å². The molecule has 0 N–H and O–H groups in total. The molecule has 0 aliphatic carbocycles. The molecule has 0 atom stereocenters. The van der Waals surface area contributed by atoms with Crippen LogP contribution in [0, 0.1) is 6.92 Å². The van der Waals surface area contributed by atoms with Gasteiger partial charge in [-0.1, -0.05) is 24.3 Å². The van der Waals surface area contributed by atoms with E-state index < -0.39 is 0 Å². The lowest BCUT2D eigenvalue weighted by Crippen LogP contribution is -2.06. The SMILES string of the molecule is Cc1cccc(OCCCCC(=O)OCc2ccc(-n3cccn3)cc2)c1. The molecule has 1 heterocycles. The number of benzene rings is 2. The largest absolute Gasteiger partial charge is 0.494 e. The molecule has 3 aromatic rings. The highest BCUT2D eigenvalue weighted by Crippen LogP contribution is 2.13. The summed E-state index contributed by atoms with van der Waals surface area (Å²) >= 11 is 0. The Labute approximate surface area is 159 Å². The lowest BCUT2D eigenvalue weighted by molar-refractivity contribution is -0.145. The number of rotatable bonds is 9. The van der Waals surface area contributed by atoms with Gasteiger partial charge in [-0.3, -0.25) is 4.79 Å². The molecule has 27 heavy (non-hydrogen) atoms. The molecule has 140 valence electrons. The Kier molecular flexibility index (Phi) is 6.63. The fourth-order valence-electron chi connectivity index (χ4n) is 2.67. The van der Waals surface area contributed by atoms with Crippen molar-refractivity contribution in [3.05, 3.63) is 78.1 Å². The van der Waals surface area contributed by atoms with Crippen molar-refractivity contribution in [3.63, 3.8) is 0 Å². The van der Waals surface area contributed by atoms with Crippen LogP contribution in [-0.4, -0.2) is 22.4 Å². The first-order valence-corrected chi connectivity index (χ1v) is 9.15. The molecule has 0 aliphatic rings. The molecule has 0 saturated heterocycles. The molecule has 5 nitrogen and oxygen atoms in total. The van der Waals surface area contributed by atoms with Crippen LogP contribution in [0.2, 0.25) is 0 Å². The molecule has 0 fully saturated rings. The molecule has 0 aliphatic heterocycles. The van der Waals surface area contributed by atoms with Crippen LogP contribution in [0.25, 0.3) is 5.69 Å². The van der Waals surface area contributed by atoms with Crippen LogP contribution in [0.15, 0.2) is 67.0 Å². The highest BCUT2D eigenvalue weighted by molar-refractivity contribution is 5.69. The first-order chi connectivity index (χ1) is 13.2. The number of hydrogen-bond acceptors (Lipinski definition) is 4. The third kappa shape index (κ3) is 5.99. The standard InChI is InChI=1S/C22H24N2O3/c1-18-6-4-7-21(16-18)26-15-3-2-8-22(25)27-17-19-9-11-20(12-10-19)24-14-5-13-23-24/h4-7,9-14,16H,2-3,8,15,17H2,1H3. The third-order valence-corrected chi connectivity index (χ3v) is 4.14. The van der Waals surface area contributed by atoms with Gasteiger partial charge in [0.2, 0.25) is 0 Å². The summed E-state index contributed by atoms with van der Waals surface area (Å²) in [5, 5.41) is 4.18. The first-order valence-electron chi connectivity index (χ1n) is 9.15. The number of carbonyl (C=O) groups excluding carboxylic acids is 1. The maximum absolute atomic E-state index is 11.9. The predicted molar refractivity (Wildman–Crippen MR) is 104 cm³/mol. The summed E-state index contributed by atoms with van der Waals surface area (Å²) in [5.41, 5.74) is 3.11. The van der Waals surface area contributed by atoms with Crippen LogP contribution >= 0.6 is 0 Å². The summed E-state index contributed by atoms with van der Waals surface area (Å²) in [6.45, 7) is 2.93. The molecule has 0 saturated carbocycles. The van der Waals surface area contributed by atoms with Crippen LogP contribution in [0.4, 0.5) is 0 Å². The molecule has 0 spiro atoms. The molecular formula is C22H24N2O3. The zero-order valence-corrected chi connectivity index (χ0v) is 15.5. The summed E-state index contributed by atoms with van der Waals surface area (Å²) in [4.78, 5) is 11.9. The van der Waals surface area contributed by atoms with E-state index in [1.807, 2.05) is 67.7 Å². The second-order valence-electron chi connectivity index (χ2n) is 6.40. The molecule has 0 amide bonds. The molecule has 2 aromatic carbocycles. The van der Waals surface area contributed by atoms with Crippen molar-refractivity contribution < 1.29 is 14.3 Å². The van der Waals surface area contributed by atoms with Crippen molar-refractivity contribution in [3.8, 4) is 11.4 Å². The minimum atomic E-state index is -0.179. The van der Waals surface area contributed by atoms with E-state index in [1.54, 1.807) is 10.9 Å². The number of unbranched alkanes of at least 4 members (excludes halogenated alkanes) is 1. The Balaban J connectivity index is 1.31. The van der Waals surface area contributed by atoms with Crippen LogP contribution in [0.5, 0.6) is 5.75 Å². The van der Waals surface area contributed by atoms with Gasteiger partial charge in [0, 0.05) is 18.8 Å². The van der Waals surface area contributed by atoms with E-state index in [0.717, 1.165) is 29.8 Å². The molecule has 0 radical (unpaired) electrons. The smallest absolute Gasteiger partial charge is 0.306 e.